The van der Waals surface area contributed by atoms with Crippen molar-refractivity contribution in [1.82, 2.24) is 15.5 Å². The molecule has 1 aromatic heterocycles. The molecule has 1 atom stereocenters. The number of benzene rings is 3. The SMILES string of the molecule is N#Cc1n[nH]c2c3c(c(NC(=O)c4cc(F)cc(Cl)c4)cc12)[C@H](c1cc(F)ccc1Cl)NC3=O. The summed E-state index contributed by atoms with van der Waals surface area (Å²) in [7, 11) is 0. The third kappa shape index (κ3) is 3.53. The molecule has 7 nitrogen and oxygen atoms in total. The lowest BCUT2D eigenvalue weighted by atomic mass is 9.94. The first-order valence-electron chi connectivity index (χ1n) is 9.75. The van der Waals surface area contributed by atoms with Gasteiger partial charge in [0.05, 0.1) is 17.1 Å². The minimum atomic E-state index is -0.921. The molecule has 0 fully saturated rings. The van der Waals surface area contributed by atoms with E-state index in [9.17, 15) is 23.6 Å². The molecule has 3 aromatic carbocycles. The van der Waals surface area contributed by atoms with Gasteiger partial charge in [0.2, 0.25) is 0 Å². The number of amides is 2. The summed E-state index contributed by atoms with van der Waals surface area (Å²) in [5.74, 6) is -2.53. The minimum absolute atomic E-state index is 0.00198. The fourth-order valence-electron chi connectivity index (χ4n) is 4.02. The molecular formula is C23H11Cl2F2N5O2. The van der Waals surface area contributed by atoms with E-state index in [2.05, 4.69) is 20.8 Å². The van der Waals surface area contributed by atoms with Gasteiger partial charge in [0, 0.05) is 37.8 Å². The highest BCUT2D eigenvalue weighted by Crippen LogP contribution is 2.42. The van der Waals surface area contributed by atoms with E-state index in [1.54, 1.807) is 0 Å². The molecule has 4 aromatic rings. The van der Waals surface area contributed by atoms with Crippen molar-refractivity contribution in [3.05, 3.63) is 92.1 Å². The van der Waals surface area contributed by atoms with Crippen LogP contribution in [-0.4, -0.2) is 22.0 Å². The highest BCUT2D eigenvalue weighted by atomic mass is 35.5. The van der Waals surface area contributed by atoms with Gasteiger partial charge in [-0.05, 0) is 42.5 Å². The zero-order chi connectivity index (χ0) is 24.1. The average molecular weight is 498 g/mol. The van der Waals surface area contributed by atoms with Crippen molar-refractivity contribution >= 4 is 51.6 Å². The third-order valence-electron chi connectivity index (χ3n) is 5.44. The van der Waals surface area contributed by atoms with Gasteiger partial charge in [-0.25, -0.2) is 8.78 Å². The lowest BCUT2D eigenvalue weighted by Gasteiger charge is -2.18. The predicted octanol–water partition coefficient (Wildman–Crippen LogP) is 5.10. The van der Waals surface area contributed by atoms with Crippen LogP contribution in [0.3, 0.4) is 0 Å². The molecule has 0 aliphatic carbocycles. The number of halogens is 4. The van der Waals surface area contributed by atoms with E-state index >= 15 is 0 Å². The number of aromatic nitrogens is 2. The molecule has 1 aliphatic rings. The van der Waals surface area contributed by atoms with Gasteiger partial charge in [-0.3, -0.25) is 14.7 Å². The van der Waals surface area contributed by atoms with Crippen molar-refractivity contribution < 1.29 is 18.4 Å². The van der Waals surface area contributed by atoms with Crippen molar-refractivity contribution in [3.63, 3.8) is 0 Å². The number of hydrogen-bond acceptors (Lipinski definition) is 4. The summed E-state index contributed by atoms with van der Waals surface area (Å²) in [5.41, 5.74) is 1.00. The first-order valence-corrected chi connectivity index (χ1v) is 10.5. The number of fused-ring (bicyclic) bond motifs is 3. The van der Waals surface area contributed by atoms with Crippen molar-refractivity contribution in [1.29, 1.82) is 5.26 Å². The van der Waals surface area contributed by atoms with Crippen LogP contribution in [0, 0.1) is 23.0 Å². The summed E-state index contributed by atoms with van der Waals surface area (Å²) in [6, 6.07) is 9.51. The van der Waals surface area contributed by atoms with E-state index in [1.807, 2.05) is 6.07 Å². The standard InChI is InChI=1S/C23H11Cl2F2N5O2/c24-10-3-9(4-12(27)5-10)22(33)29-16-7-14-17(8-28)31-32-21(14)19-18(16)20(30-23(19)34)13-6-11(26)1-2-15(13)25/h1-7,20H,(H,29,33)(H,30,34)(H,31,32)/t20-/m0/s1. The highest BCUT2D eigenvalue weighted by molar-refractivity contribution is 6.32. The molecule has 5 rings (SSSR count). The maximum Gasteiger partial charge on any atom is 0.255 e. The Morgan fingerprint density at radius 3 is 2.65 bits per heavy atom. The number of anilines is 1. The van der Waals surface area contributed by atoms with E-state index in [-0.39, 0.29) is 54.6 Å². The Morgan fingerprint density at radius 2 is 1.91 bits per heavy atom. The van der Waals surface area contributed by atoms with Crippen LogP contribution < -0.4 is 10.6 Å². The molecular weight excluding hydrogens is 487 g/mol. The number of H-pyrrole nitrogens is 1. The van der Waals surface area contributed by atoms with Gasteiger partial charge in [0.25, 0.3) is 11.8 Å². The summed E-state index contributed by atoms with van der Waals surface area (Å²) in [4.78, 5) is 26.0. The molecule has 2 heterocycles. The van der Waals surface area contributed by atoms with E-state index in [0.717, 1.165) is 12.1 Å². The fraction of sp³-hybridized carbons (Fsp3) is 0.0435. The number of nitrogens with one attached hydrogen (secondary N) is 3. The monoisotopic (exact) mass is 497 g/mol. The van der Waals surface area contributed by atoms with Crippen LogP contribution in [0.2, 0.25) is 10.0 Å². The molecule has 0 saturated carbocycles. The molecule has 0 bridgehead atoms. The number of hydrogen-bond donors (Lipinski definition) is 3. The zero-order valence-corrected chi connectivity index (χ0v) is 18.4. The second-order valence-electron chi connectivity index (χ2n) is 7.50. The van der Waals surface area contributed by atoms with Gasteiger partial charge in [0.1, 0.15) is 17.7 Å². The second-order valence-corrected chi connectivity index (χ2v) is 8.35. The van der Waals surface area contributed by atoms with Crippen LogP contribution in [-0.2, 0) is 0 Å². The molecule has 1 aliphatic heterocycles. The Labute approximate surface area is 200 Å². The molecule has 0 saturated heterocycles. The summed E-state index contributed by atoms with van der Waals surface area (Å²) < 4.78 is 27.9. The van der Waals surface area contributed by atoms with E-state index in [4.69, 9.17) is 23.2 Å². The minimum Gasteiger partial charge on any atom is -0.341 e. The Kier molecular flexibility index (Phi) is 5.20. The average Bonchev–Trinajstić information content (AvgIpc) is 3.35. The number of carbonyl (C=O) groups is 2. The lowest BCUT2D eigenvalue weighted by Crippen LogP contribution is -2.21. The van der Waals surface area contributed by atoms with Crippen LogP contribution in [0.1, 0.15) is 43.6 Å². The summed E-state index contributed by atoms with van der Waals surface area (Å²) in [6.45, 7) is 0. The van der Waals surface area contributed by atoms with Gasteiger partial charge in [-0.15, -0.1) is 0 Å². The van der Waals surface area contributed by atoms with Crippen LogP contribution in [0.25, 0.3) is 10.9 Å². The first-order chi connectivity index (χ1) is 16.3. The molecule has 34 heavy (non-hydrogen) atoms. The summed E-state index contributed by atoms with van der Waals surface area (Å²) >= 11 is 12.2. The maximum absolute atomic E-state index is 14.0. The third-order valence-corrected chi connectivity index (χ3v) is 6.00. The molecule has 0 radical (unpaired) electrons. The normalized spacial score (nSPS) is 14.6. The Balaban J connectivity index is 1.73. The summed E-state index contributed by atoms with van der Waals surface area (Å²) in [6.07, 6.45) is 0. The van der Waals surface area contributed by atoms with E-state index in [0.29, 0.717) is 0 Å². The Hall–Kier alpha value is -4.00. The smallest absolute Gasteiger partial charge is 0.255 e. The van der Waals surface area contributed by atoms with Crippen LogP contribution >= 0.6 is 23.2 Å². The van der Waals surface area contributed by atoms with E-state index in [1.165, 1.54) is 30.3 Å². The van der Waals surface area contributed by atoms with Crippen molar-refractivity contribution in [3.8, 4) is 6.07 Å². The van der Waals surface area contributed by atoms with Crippen LogP contribution in [0.15, 0.2) is 42.5 Å². The highest BCUT2D eigenvalue weighted by Gasteiger charge is 2.37. The van der Waals surface area contributed by atoms with Gasteiger partial charge < -0.3 is 10.6 Å². The van der Waals surface area contributed by atoms with Crippen molar-refractivity contribution in [2.24, 2.45) is 0 Å². The van der Waals surface area contributed by atoms with E-state index < -0.39 is 29.5 Å². The lowest BCUT2D eigenvalue weighted by molar-refractivity contribution is 0.0960. The maximum atomic E-state index is 14.0. The van der Waals surface area contributed by atoms with Crippen LogP contribution in [0.5, 0.6) is 0 Å². The van der Waals surface area contributed by atoms with Gasteiger partial charge in [-0.2, -0.15) is 10.4 Å². The van der Waals surface area contributed by atoms with Crippen LogP contribution in [0.4, 0.5) is 14.5 Å². The Morgan fingerprint density at radius 1 is 1.12 bits per heavy atom. The molecule has 0 spiro atoms. The Bertz CT molecular complexity index is 1560. The summed E-state index contributed by atoms with van der Waals surface area (Å²) in [5, 5.41) is 21.9. The first kappa shape index (κ1) is 21.8. The molecule has 0 unspecified atom stereocenters. The number of carbonyl (C=O) groups excluding carboxylic acids is 2. The van der Waals surface area contributed by atoms with Gasteiger partial charge >= 0.3 is 0 Å². The van der Waals surface area contributed by atoms with Gasteiger partial charge in [0.15, 0.2) is 5.69 Å². The number of nitrogens with zero attached hydrogens (tertiary/aromatic N) is 2. The molecule has 168 valence electrons. The number of rotatable bonds is 3. The molecule has 2 amide bonds. The predicted molar refractivity (Wildman–Crippen MR) is 121 cm³/mol. The van der Waals surface area contributed by atoms with Crippen molar-refractivity contribution in [2.45, 2.75) is 6.04 Å². The topological polar surface area (TPSA) is 111 Å². The second kappa shape index (κ2) is 8.09. The largest absolute Gasteiger partial charge is 0.341 e. The number of nitriles is 1. The van der Waals surface area contributed by atoms with Gasteiger partial charge in [-0.1, -0.05) is 23.2 Å². The van der Waals surface area contributed by atoms with Crippen molar-refractivity contribution in [2.75, 3.05) is 5.32 Å². The molecule has 11 heteroatoms. The quantitative estimate of drug-likeness (QED) is 0.365. The molecule has 3 N–H and O–H groups in total. The zero-order valence-electron chi connectivity index (χ0n) is 16.8. The fourth-order valence-corrected chi connectivity index (χ4v) is 4.47. The number of aromatic amines is 1.